The molecule has 1 aromatic carbocycles. The molecule has 3 heterocycles. The maximum absolute atomic E-state index is 12.8. The summed E-state index contributed by atoms with van der Waals surface area (Å²) in [5.41, 5.74) is 1.69. The van der Waals surface area contributed by atoms with E-state index >= 15 is 0 Å². The first-order valence-corrected chi connectivity index (χ1v) is 11.8. The molecule has 3 aromatic rings. The summed E-state index contributed by atoms with van der Waals surface area (Å²) in [5.74, 6) is 1.27. The third-order valence-electron chi connectivity index (χ3n) is 5.11. The van der Waals surface area contributed by atoms with Crippen LogP contribution in [0.5, 0.6) is 17.2 Å². The Morgan fingerprint density at radius 1 is 1.15 bits per heavy atom. The number of hydrogen-bond acceptors (Lipinski definition) is 8. The van der Waals surface area contributed by atoms with E-state index in [4.69, 9.17) is 14.2 Å². The van der Waals surface area contributed by atoms with E-state index < -0.39 is 0 Å². The molecule has 0 unspecified atom stereocenters. The van der Waals surface area contributed by atoms with Gasteiger partial charge in [0.1, 0.15) is 0 Å². The number of nitrogens with zero attached hydrogens (tertiary/aromatic N) is 2. The molecular formula is C23H23N3O5S2. The number of carbonyl (C=O) groups excluding carboxylic acids is 2. The van der Waals surface area contributed by atoms with Crippen molar-refractivity contribution in [3.8, 4) is 17.2 Å². The van der Waals surface area contributed by atoms with Crippen molar-refractivity contribution >= 4 is 45.7 Å². The van der Waals surface area contributed by atoms with Gasteiger partial charge in [-0.1, -0.05) is 17.4 Å². The third-order valence-corrected chi connectivity index (χ3v) is 6.98. The number of rotatable bonds is 7. The van der Waals surface area contributed by atoms with E-state index in [1.807, 2.05) is 11.4 Å². The molecule has 2 amide bonds. The van der Waals surface area contributed by atoms with Crippen LogP contribution in [0.4, 0.5) is 5.13 Å². The zero-order valence-electron chi connectivity index (χ0n) is 18.4. The van der Waals surface area contributed by atoms with Crippen LogP contribution in [-0.2, 0) is 17.8 Å². The lowest BCUT2D eigenvalue weighted by molar-refractivity contribution is -0.126. The molecule has 1 aliphatic rings. The highest BCUT2D eigenvalue weighted by molar-refractivity contribution is 7.16. The number of nitrogens with one attached hydrogen (secondary N) is 1. The summed E-state index contributed by atoms with van der Waals surface area (Å²) in [4.78, 5) is 33.0. The van der Waals surface area contributed by atoms with Gasteiger partial charge >= 0.3 is 0 Å². The Hall–Kier alpha value is -3.37. The van der Waals surface area contributed by atoms with Gasteiger partial charge in [-0.25, -0.2) is 4.98 Å². The molecule has 1 N–H and O–H groups in total. The Kier molecular flexibility index (Phi) is 6.95. The monoisotopic (exact) mass is 485 g/mol. The molecule has 0 aliphatic carbocycles. The van der Waals surface area contributed by atoms with Crippen LogP contribution in [0, 0.1) is 0 Å². The first-order valence-electron chi connectivity index (χ1n) is 10.1. The minimum absolute atomic E-state index is 0.105. The Morgan fingerprint density at radius 2 is 1.91 bits per heavy atom. The molecular weight excluding hydrogens is 462 g/mol. The molecule has 10 heteroatoms. The highest BCUT2D eigenvalue weighted by atomic mass is 32.1. The SMILES string of the molecule is COc1cc(/C=C/C(=O)N2CCc3nc(NC(=O)c4cccs4)sc3C2)cc(OC)c1OC. The fourth-order valence-electron chi connectivity index (χ4n) is 3.47. The molecule has 8 nitrogen and oxygen atoms in total. The number of anilines is 1. The summed E-state index contributed by atoms with van der Waals surface area (Å²) in [5, 5.41) is 5.26. The first-order chi connectivity index (χ1) is 16.0. The molecule has 0 saturated carbocycles. The van der Waals surface area contributed by atoms with Gasteiger partial charge in [-0.05, 0) is 35.2 Å². The van der Waals surface area contributed by atoms with E-state index in [2.05, 4.69) is 10.3 Å². The van der Waals surface area contributed by atoms with E-state index in [1.54, 1.807) is 50.5 Å². The number of amides is 2. The van der Waals surface area contributed by atoms with Crippen molar-refractivity contribution in [2.24, 2.45) is 0 Å². The Morgan fingerprint density at radius 3 is 2.55 bits per heavy atom. The van der Waals surface area contributed by atoms with Gasteiger partial charge in [0.05, 0.1) is 38.4 Å². The number of thiophene rings is 1. The molecule has 4 rings (SSSR count). The van der Waals surface area contributed by atoms with Gasteiger partial charge in [0, 0.05) is 23.9 Å². The van der Waals surface area contributed by atoms with Gasteiger partial charge in [-0.3, -0.25) is 14.9 Å². The van der Waals surface area contributed by atoms with E-state index in [0.717, 1.165) is 16.1 Å². The van der Waals surface area contributed by atoms with E-state index in [1.165, 1.54) is 28.7 Å². The molecule has 2 aromatic heterocycles. The average molecular weight is 486 g/mol. The van der Waals surface area contributed by atoms with Crippen LogP contribution in [0.25, 0.3) is 6.08 Å². The van der Waals surface area contributed by atoms with Crippen LogP contribution < -0.4 is 19.5 Å². The van der Waals surface area contributed by atoms with Crippen molar-refractivity contribution in [1.82, 2.24) is 9.88 Å². The number of hydrogen-bond donors (Lipinski definition) is 1. The van der Waals surface area contributed by atoms with Crippen molar-refractivity contribution in [1.29, 1.82) is 0 Å². The van der Waals surface area contributed by atoms with Gasteiger partial charge < -0.3 is 19.1 Å². The zero-order chi connectivity index (χ0) is 23.4. The van der Waals surface area contributed by atoms with Crippen LogP contribution in [0.1, 0.15) is 25.8 Å². The van der Waals surface area contributed by atoms with Crippen LogP contribution in [0.3, 0.4) is 0 Å². The Labute approximate surface area is 199 Å². The maximum atomic E-state index is 12.8. The lowest BCUT2D eigenvalue weighted by Crippen LogP contribution is -2.34. The first kappa shape index (κ1) is 22.8. The number of benzene rings is 1. The highest BCUT2D eigenvalue weighted by Crippen LogP contribution is 2.38. The van der Waals surface area contributed by atoms with E-state index in [-0.39, 0.29) is 11.8 Å². The maximum Gasteiger partial charge on any atom is 0.267 e. The van der Waals surface area contributed by atoms with Crippen LogP contribution in [0.2, 0.25) is 0 Å². The number of carbonyl (C=O) groups is 2. The lowest BCUT2D eigenvalue weighted by atomic mass is 10.1. The normalized spacial score (nSPS) is 13.0. The molecule has 0 atom stereocenters. The smallest absolute Gasteiger partial charge is 0.267 e. The molecule has 172 valence electrons. The summed E-state index contributed by atoms with van der Waals surface area (Å²) in [6.07, 6.45) is 3.90. The van der Waals surface area contributed by atoms with Gasteiger partial charge in [0.2, 0.25) is 11.7 Å². The van der Waals surface area contributed by atoms with Crippen LogP contribution in [-0.4, -0.2) is 49.6 Å². The van der Waals surface area contributed by atoms with Crippen LogP contribution in [0.15, 0.2) is 35.7 Å². The summed E-state index contributed by atoms with van der Waals surface area (Å²) < 4.78 is 16.1. The molecule has 0 saturated heterocycles. The average Bonchev–Trinajstić information content (AvgIpc) is 3.51. The molecule has 33 heavy (non-hydrogen) atoms. The standard InChI is InChI=1S/C23H23N3O5S2/c1-29-16-11-14(12-17(30-2)21(16)31-3)6-7-20(27)26-9-8-15-19(13-26)33-23(24-15)25-22(28)18-5-4-10-32-18/h4-7,10-12H,8-9,13H2,1-3H3,(H,24,25,28)/b7-6+. The highest BCUT2D eigenvalue weighted by Gasteiger charge is 2.24. The van der Waals surface area contributed by atoms with Crippen molar-refractivity contribution in [2.45, 2.75) is 13.0 Å². The summed E-state index contributed by atoms with van der Waals surface area (Å²) in [7, 11) is 4.64. The summed E-state index contributed by atoms with van der Waals surface area (Å²) >= 11 is 2.79. The van der Waals surface area contributed by atoms with E-state index in [0.29, 0.717) is 46.8 Å². The van der Waals surface area contributed by atoms with Crippen molar-refractivity contribution in [2.75, 3.05) is 33.2 Å². The number of aromatic nitrogens is 1. The van der Waals surface area contributed by atoms with Crippen molar-refractivity contribution < 1.29 is 23.8 Å². The minimum Gasteiger partial charge on any atom is -0.493 e. The third kappa shape index (κ3) is 5.01. The topological polar surface area (TPSA) is 90.0 Å². The minimum atomic E-state index is -0.169. The fraction of sp³-hybridized carbons (Fsp3) is 0.261. The quantitative estimate of drug-likeness (QED) is 0.507. The summed E-state index contributed by atoms with van der Waals surface area (Å²) in [6.45, 7) is 1.02. The zero-order valence-corrected chi connectivity index (χ0v) is 20.0. The van der Waals surface area contributed by atoms with Crippen molar-refractivity contribution in [3.63, 3.8) is 0 Å². The fourth-order valence-corrected chi connectivity index (χ4v) is 5.11. The largest absolute Gasteiger partial charge is 0.493 e. The molecule has 0 spiro atoms. The Balaban J connectivity index is 1.43. The molecule has 0 radical (unpaired) electrons. The second-order valence-corrected chi connectivity index (χ2v) is 9.15. The number of thiazole rings is 1. The number of fused-ring (bicyclic) bond motifs is 1. The number of methoxy groups -OCH3 is 3. The Bertz CT molecular complexity index is 1160. The summed E-state index contributed by atoms with van der Waals surface area (Å²) in [6, 6.07) is 7.17. The second kappa shape index (κ2) is 10.1. The number of ether oxygens (including phenoxy) is 3. The molecule has 0 bridgehead atoms. The lowest BCUT2D eigenvalue weighted by Gasteiger charge is -2.24. The van der Waals surface area contributed by atoms with Gasteiger partial charge in [0.15, 0.2) is 16.6 Å². The molecule has 1 aliphatic heterocycles. The second-order valence-electron chi connectivity index (χ2n) is 7.12. The van der Waals surface area contributed by atoms with Crippen molar-refractivity contribution in [3.05, 3.63) is 56.7 Å². The predicted octanol–water partition coefficient (Wildman–Crippen LogP) is 4.08. The molecule has 0 fully saturated rings. The van der Waals surface area contributed by atoms with Gasteiger partial charge in [-0.2, -0.15) is 0 Å². The van der Waals surface area contributed by atoms with Crippen LogP contribution >= 0.6 is 22.7 Å². The van der Waals surface area contributed by atoms with Gasteiger partial charge in [-0.15, -0.1) is 11.3 Å². The van der Waals surface area contributed by atoms with Gasteiger partial charge in [0.25, 0.3) is 5.91 Å². The predicted molar refractivity (Wildman–Crippen MR) is 129 cm³/mol. The van der Waals surface area contributed by atoms with E-state index in [9.17, 15) is 9.59 Å².